The molecule has 1 heterocycles. The summed E-state index contributed by atoms with van der Waals surface area (Å²) in [6.45, 7) is 1.79. The second-order valence-corrected chi connectivity index (χ2v) is 3.34. The summed E-state index contributed by atoms with van der Waals surface area (Å²) in [5.74, 6) is -0.227. The lowest BCUT2D eigenvalue weighted by Gasteiger charge is -2.04. The number of hydrogen-bond acceptors (Lipinski definition) is 4. The summed E-state index contributed by atoms with van der Waals surface area (Å²) in [7, 11) is 1.37. The number of esters is 1. The van der Waals surface area contributed by atoms with E-state index < -0.39 is 0 Å². The van der Waals surface area contributed by atoms with E-state index in [9.17, 15) is 4.79 Å². The van der Waals surface area contributed by atoms with Crippen LogP contribution in [0.1, 0.15) is 23.4 Å². The lowest BCUT2D eigenvalue weighted by molar-refractivity contribution is -0.140. The third-order valence-corrected chi connectivity index (χ3v) is 2.07. The maximum atomic E-state index is 10.9. The summed E-state index contributed by atoms with van der Waals surface area (Å²) in [6.07, 6.45) is 0.966. The zero-order valence-electron chi connectivity index (χ0n) is 8.99. The molecule has 0 radical (unpaired) electrons. The first-order chi connectivity index (χ1) is 7.15. The highest BCUT2D eigenvalue weighted by Crippen LogP contribution is 2.08. The van der Waals surface area contributed by atoms with Crippen molar-refractivity contribution in [2.75, 3.05) is 7.11 Å². The number of aliphatic hydroxyl groups is 1. The number of aryl methyl sites for hydroxylation is 2. The van der Waals surface area contributed by atoms with Crippen molar-refractivity contribution in [2.24, 2.45) is 0 Å². The number of rotatable bonds is 4. The van der Waals surface area contributed by atoms with Gasteiger partial charge in [-0.1, -0.05) is 0 Å². The van der Waals surface area contributed by atoms with Crippen LogP contribution >= 0.6 is 0 Å². The Hall–Kier alpha value is -1.42. The Kier molecular flexibility index (Phi) is 4.24. The molecule has 0 spiro atoms. The number of aliphatic hydroxyl groups excluding tert-OH is 1. The number of carbonyl (C=O) groups excluding carboxylic acids is 1. The fourth-order valence-corrected chi connectivity index (χ4v) is 1.39. The molecule has 1 rings (SSSR count). The Balaban J connectivity index is 2.68. The number of aromatic nitrogens is 1. The van der Waals surface area contributed by atoms with Gasteiger partial charge in [0, 0.05) is 12.1 Å². The Morgan fingerprint density at radius 3 is 2.87 bits per heavy atom. The van der Waals surface area contributed by atoms with Crippen molar-refractivity contribution in [2.45, 2.75) is 26.4 Å². The minimum Gasteiger partial charge on any atom is -0.469 e. The monoisotopic (exact) mass is 209 g/mol. The Labute approximate surface area is 88.9 Å². The SMILES string of the molecule is COC(=O)CCc1cc(C)nc(CO)c1. The summed E-state index contributed by atoms with van der Waals surface area (Å²) in [4.78, 5) is 15.1. The van der Waals surface area contributed by atoms with Crippen LogP contribution in [0.3, 0.4) is 0 Å². The normalized spacial score (nSPS) is 10.1. The first kappa shape index (κ1) is 11.7. The van der Waals surface area contributed by atoms with Gasteiger partial charge in [-0.2, -0.15) is 0 Å². The molecule has 0 saturated heterocycles. The van der Waals surface area contributed by atoms with Gasteiger partial charge in [-0.05, 0) is 31.0 Å². The highest BCUT2D eigenvalue weighted by atomic mass is 16.5. The second kappa shape index (κ2) is 5.46. The van der Waals surface area contributed by atoms with Crippen LogP contribution in [0.5, 0.6) is 0 Å². The topological polar surface area (TPSA) is 59.4 Å². The van der Waals surface area contributed by atoms with Crippen molar-refractivity contribution in [3.05, 3.63) is 29.1 Å². The van der Waals surface area contributed by atoms with Crippen molar-refractivity contribution in [1.82, 2.24) is 4.98 Å². The van der Waals surface area contributed by atoms with E-state index in [1.54, 1.807) is 6.07 Å². The molecule has 0 aliphatic rings. The summed E-state index contributed by atoms with van der Waals surface area (Å²) in [5, 5.41) is 8.96. The standard InChI is InChI=1S/C11H15NO3/c1-8-5-9(3-4-11(14)15-2)6-10(7-13)12-8/h5-6,13H,3-4,7H2,1-2H3. The van der Waals surface area contributed by atoms with Gasteiger partial charge in [0.05, 0.1) is 19.4 Å². The molecule has 1 aromatic heterocycles. The van der Waals surface area contributed by atoms with Gasteiger partial charge >= 0.3 is 5.97 Å². The predicted molar refractivity (Wildman–Crippen MR) is 55.2 cm³/mol. The van der Waals surface area contributed by atoms with E-state index in [1.807, 2.05) is 13.0 Å². The highest BCUT2D eigenvalue weighted by Gasteiger charge is 2.03. The number of ether oxygens (including phenoxy) is 1. The molecule has 0 saturated carbocycles. The van der Waals surface area contributed by atoms with E-state index in [1.165, 1.54) is 7.11 Å². The zero-order valence-corrected chi connectivity index (χ0v) is 8.99. The van der Waals surface area contributed by atoms with Crippen molar-refractivity contribution in [3.8, 4) is 0 Å². The maximum Gasteiger partial charge on any atom is 0.305 e. The van der Waals surface area contributed by atoms with Crippen LogP contribution in [-0.4, -0.2) is 23.2 Å². The van der Waals surface area contributed by atoms with Crippen molar-refractivity contribution < 1.29 is 14.6 Å². The van der Waals surface area contributed by atoms with E-state index >= 15 is 0 Å². The third kappa shape index (κ3) is 3.67. The van der Waals surface area contributed by atoms with Gasteiger partial charge in [-0.25, -0.2) is 0 Å². The molecule has 82 valence electrons. The van der Waals surface area contributed by atoms with Crippen LogP contribution in [0.4, 0.5) is 0 Å². The molecular formula is C11H15NO3. The summed E-state index contributed by atoms with van der Waals surface area (Å²) in [6, 6.07) is 3.71. The molecule has 4 nitrogen and oxygen atoms in total. The average molecular weight is 209 g/mol. The Morgan fingerprint density at radius 2 is 2.27 bits per heavy atom. The molecule has 0 unspecified atom stereocenters. The largest absolute Gasteiger partial charge is 0.469 e. The van der Waals surface area contributed by atoms with Crippen LogP contribution in [0.2, 0.25) is 0 Å². The molecule has 4 heteroatoms. The lowest BCUT2D eigenvalue weighted by Crippen LogP contribution is -2.03. The molecule has 0 atom stereocenters. The second-order valence-electron chi connectivity index (χ2n) is 3.34. The van der Waals surface area contributed by atoms with E-state index in [-0.39, 0.29) is 12.6 Å². The van der Waals surface area contributed by atoms with E-state index in [4.69, 9.17) is 5.11 Å². The number of carbonyl (C=O) groups is 1. The Bertz CT molecular complexity index is 350. The molecule has 0 bridgehead atoms. The van der Waals surface area contributed by atoms with Gasteiger partial charge in [0.25, 0.3) is 0 Å². The number of hydrogen-bond donors (Lipinski definition) is 1. The third-order valence-electron chi connectivity index (χ3n) is 2.07. The molecule has 1 N–H and O–H groups in total. The van der Waals surface area contributed by atoms with Crippen LogP contribution in [-0.2, 0) is 22.6 Å². The molecule has 15 heavy (non-hydrogen) atoms. The van der Waals surface area contributed by atoms with Crippen molar-refractivity contribution in [3.63, 3.8) is 0 Å². The zero-order chi connectivity index (χ0) is 11.3. The van der Waals surface area contributed by atoms with Gasteiger partial charge in [-0.3, -0.25) is 9.78 Å². The average Bonchev–Trinajstić information content (AvgIpc) is 2.25. The van der Waals surface area contributed by atoms with Gasteiger partial charge in [0.15, 0.2) is 0 Å². The molecule has 0 fully saturated rings. The number of pyridine rings is 1. The molecular weight excluding hydrogens is 194 g/mol. The number of nitrogens with zero attached hydrogens (tertiary/aromatic N) is 1. The lowest BCUT2D eigenvalue weighted by atomic mass is 10.1. The minimum absolute atomic E-state index is 0.0765. The van der Waals surface area contributed by atoms with Crippen molar-refractivity contribution in [1.29, 1.82) is 0 Å². The smallest absolute Gasteiger partial charge is 0.305 e. The van der Waals surface area contributed by atoms with Crippen LogP contribution in [0, 0.1) is 6.92 Å². The number of methoxy groups -OCH3 is 1. The molecule has 1 aromatic rings. The van der Waals surface area contributed by atoms with Gasteiger partial charge in [0.2, 0.25) is 0 Å². The van der Waals surface area contributed by atoms with Gasteiger partial charge in [0.1, 0.15) is 0 Å². The minimum atomic E-state index is -0.227. The van der Waals surface area contributed by atoms with Crippen LogP contribution < -0.4 is 0 Å². The van der Waals surface area contributed by atoms with E-state index in [2.05, 4.69) is 9.72 Å². The van der Waals surface area contributed by atoms with E-state index in [0.717, 1.165) is 11.3 Å². The summed E-state index contributed by atoms with van der Waals surface area (Å²) in [5.41, 5.74) is 2.48. The van der Waals surface area contributed by atoms with Crippen LogP contribution in [0.25, 0.3) is 0 Å². The van der Waals surface area contributed by atoms with Crippen molar-refractivity contribution >= 4 is 5.97 Å². The fourth-order valence-electron chi connectivity index (χ4n) is 1.39. The predicted octanol–water partition coefficient (Wildman–Crippen LogP) is 0.988. The highest BCUT2D eigenvalue weighted by molar-refractivity contribution is 5.69. The molecule has 0 amide bonds. The summed E-state index contributed by atoms with van der Waals surface area (Å²) < 4.78 is 4.55. The van der Waals surface area contributed by atoms with Gasteiger partial charge in [-0.15, -0.1) is 0 Å². The first-order valence-corrected chi connectivity index (χ1v) is 4.80. The molecule has 0 aliphatic carbocycles. The first-order valence-electron chi connectivity index (χ1n) is 4.80. The fraction of sp³-hybridized carbons (Fsp3) is 0.455. The maximum absolute atomic E-state index is 10.9. The quantitative estimate of drug-likeness (QED) is 0.751. The Morgan fingerprint density at radius 1 is 1.53 bits per heavy atom. The molecule has 0 aliphatic heterocycles. The molecule has 0 aromatic carbocycles. The summed E-state index contributed by atoms with van der Waals surface area (Å²) >= 11 is 0. The van der Waals surface area contributed by atoms with Crippen LogP contribution in [0.15, 0.2) is 12.1 Å². The van der Waals surface area contributed by atoms with E-state index in [0.29, 0.717) is 18.5 Å². The van der Waals surface area contributed by atoms with Gasteiger partial charge < -0.3 is 9.84 Å².